The van der Waals surface area contributed by atoms with Gasteiger partial charge >= 0.3 is 17.9 Å². The number of rotatable bonds is 0. The zero-order chi connectivity index (χ0) is 26.6. The average molecular weight is 517 g/mol. The Labute approximate surface area is 214 Å². The molecule has 1 saturated carbocycles. The fourth-order valence-electron chi connectivity index (χ4n) is 6.45. The van der Waals surface area contributed by atoms with Crippen LogP contribution in [0.25, 0.3) is 0 Å². The van der Waals surface area contributed by atoms with Crippen LogP contribution >= 0.6 is 0 Å². The molecule has 0 aromatic rings. The average Bonchev–Trinajstić information content (AvgIpc) is 3.63. The Kier molecular flexibility index (Phi) is 6.42. The van der Waals surface area contributed by atoms with E-state index in [0.717, 1.165) is 17.7 Å². The van der Waals surface area contributed by atoms with Gasteiger partial charge in [-0.25, -0.2) is 14.4 Å². The van der Waals surface area contributed by atoms with E-state index in [1.54, 1.807) is 0 Å². The number of epoxide rings is 1. The highest BCUT2D eigenvalue weighted by molar-refractivity contribution is 5.85. The molecule has 3 heterocycles. The van der Waals surface area contributed by atoms with E-state index < -0.39 is 58.8 Å². The quantitative estimate of drug-likeness (QED) is 0.208. The minimum atomic E-state index is -1.21. The second kappa shape index (κ2) is 9.20. The molecule has 2 aliphatic carbocycles. The standard InChI is InChI=1S/C27H32O10/c1-15-8-20-26(11-17(15)28)13-34-24(32)9-16(2)18(29)12-33-22(30)6-4-5-7-23(31)37-19-10-21(36-20)27(14-35-27)25(19,26)3/h4-9,17-21,28-29H,10-14H2,1-3H3/b6-4+,7-5-,16-9+/t17-,18+,19-,20-,21-,25-,26+,27+/m1/s1. The highest BCUT2D eigenvalue weighted by Gasteiger charge is 2.83. The van der Waals surface area contributed by atoms with E-state index in [1.165, 1.54) is 25.2 Å². The molecule has 3 fully saturated rings. The number of hydrogen-bond donors (Lipinski definition) is 2. The SMILES string of the molecule is CC1=C[C@H]2O[C@@H]3C[C@H]4OC(=O)/C=C\C=C\C(=O)OC[C@H](O)/C(C)=C/C(=O)OC[C@]2(C[C@H]1O)[C@]4(C)[C@]31CO1. The second-order valence-corrected chi connectivity index (χ2v) is 10.7. The summed E-state index contributed by atoms with van der Waals surface area (Å²) >= 11 is 0. The number of ether oxygens (including phenoxy) is 5. The molecule has 0 radical (unpaired) electrons. The Balaban J connectivity index is 1.56. The number of hydrogen-bond acceptors (Lipinski definition) is 10. The van der Waals surface area contributed by atoms with Crippen molar-refractivity contribution in [2.24, 2.45) is 10.8 Å². The van der Waals surface area contributed by atoms with Gasteiger partial charge in [-0.05, 0) is 31.4 Å². The predicted octanol–water partition coefficient (Wildman–Crippen LogP) is 1.06. The number of carbonyl (C=O) groups excluding carboxylic acids is 3. The molecule has 2 bridgehead atoms. The van der Waals surface area contributed by atoms with Crippen molar-refractivity contribution in [3.8, 4) is 0 Å². The summed E-state index contributed by atoms with van der Waals surface area (Å²) in [7, 11) is 0. The molecule has 0 aromatic carbocycles. The Hall–Kier alpha value is -2.79. The minimum absolute atomic E-state index is 0.132. The van der Waals surface area contributed by atoms with Crippen molar-refractivity contribution >= 4 is 17.9 Å². The zero-order valence-electron chi connectivity index (χ0n) is 21.0. The topological polar surface area (TPSA) is 141 Å². The van der Waals surface area contributed by atoms with Gasteiger partial charge in [-0.15, -0.1) is 0 Å². The normalized spacial score (nSPS) is 47.2. The maximum Gasteiger partial charge on any atom is 0.331 e. The maximum atomic E-state index is 12.8. The number of aliphatic hydroxyl groups is 2. The molecule has 3 aliphatic heterocycles. The fourth-order valence-corrected chi connectivity index (χ4v) is 6.45. The second-order valence-electron chi connectivity index (χ2n) is 10.7. The van der Waals surface area contributed by atoms with Gasteiger partial charge in [0.05, 0.1) is 30.3 Å². The monoisotopic (exact) mass is 516 g/mol. The number of allylic oxidation sites excluding steroid dienone is 2. The van der Waals surface area contributed by atoms with Crippen molar-refractivity contribution in [3.63, 3.8) is 0 Å². The van der Waals surface area contributed by atoms with E-state index >= 15 is 0 Å². The first-order valence-electron chi connectivity index (χ1n) is 12.4. The van der Waals surface area contributed by atoms with E-state index in [9.17, 15) is 24.6 Å². The van der Waals surface area contributed by atoms with Gasteiger partial charge in [0.25, 0.3) is 0 Å². The van der Waals surface area contributed by atoms with Crippen molar-refractivity contribution in [2.75, 3.05) is 19.8 Å². The van der Waals surface area contributed by atoms with Crippen LogP contribution in [0, 0.1) is 10.8 Å². The molecule has 8 atom stereocenters. The highest BCUT2D eigenvalue weighted by Crippen LogP contribution is 2.72. The van der Waals surface area contributed by atoms with Crippen molar-refractivity contribution in [3.05, 3.63) is 47.6 Å². The minimum Gasteiger partial charge on any atom is -0.462 e. The molecule has 2 N–H and O–H groups in total. The summed E-state index contributed by atoms with van der Waals surface area (Å²) in [5, 5.41) is 21.3. The third-order valence-electron chi connectivity index (χ3n) is 8.87. The molecule has 0 aromatic heterocycles. The first kappa shape index (κ1) is 25.8. The summed E-state index contributed by atoms with van der Waals surface area (Å²) in [4.78, 5) is 37.5. The Bertz CT molecular complexity index is 1110. The molecule has 10 nitrogen and oxygen atoms in total. The third-order valence-corrected chi connectivity index (χ3v) is 8.87. The third kappa shape index (κ3) is 4.06. The van der Waals surface area contributed by atoms with Crippen LogP contribution in [0.15, 0.2) is 47.6 Å². The lowest BCUT2D eigenvalue weighted by Gasteiger charge is -2.58. The van der Waals surface area contributed by atoms with E-state index in [4.69, 9.17) is 23.7 Å². The van der Waals surface area contributed by atoms with Crippen LogP contribution in [0.1, 0.15) is 33.6 Å². The molecule has 2 saturated heterocycles. The van der Waals surface area contributed by atoms with Gasteiger partial charge in [0, 0.05) is 30.1 Å². The van der Waals surface area contributed by atoms with E-state index in [1.807, 2.05) is 19.9 Å². The van der Waals surface area contributed by atoms with Crippen molar-refractivity contribution in [2.45, 2.75) is 69.7 Å². The predicted molar refractivity (Wildman–Crippen MR) is 127 cm³/mol. The van der Waals surface area contributed by atoms with Gasteiger partial charge in [-0.2, -0.15) is 0 Å². The van der Waals surface area contributed by atoms with E-state index in [-0.39, 0.29) is 31.3 Å². The summed E-state index contributed by atoms with van der Waals surface area (Å²) in [6, 6.07) is 0. The van der Waals surface area contributed by atoms with Gasteiger partial charge in [-0.1, -0.05) is 25.2 Å². The first-order chi connectivity index (χ1) is 17.5. The lowest BCUT2D eigenvalue weighted by Crippen LogP contribution is -2.68. The molecule has 200 valence electrons. The summed E-state index contributed by atoms with van der Waals surface area (Å²) in [6.45, 7) is 5.23. The van der Waals surface area contributed by atoms with Gasteiger partial charge in [-0.3, -0.25) is 0 Å². The number of esters is 3. The van der Waals surface area contributed by atoms with Crippen LogP contribution in [0.2, 0.25) is 0 Å². The molecule has 0 unspecified atom stereocenters. The molecule has 0 amide bonds. The number of aliphatic hydroxyl groups excluding tert-OH is 2. The lowest BCUT2D eigenvalue weighted by atomic mass is 9.51. The van der Waals surface area contributed by atoms with Crippen LogP contribution in [0.4, 0.5) is 0 Å². The highest BCUT2D eigenvalue weighted by atomic mass is 16.6. The van der Waals surface area contributed by atoms with Gasteiger partial charge in [0.1, 0.15) is 31.0 Å². The summed E-state index contributed by atoms with van der Waals surface area (Å²) in [5.74, 6) is -2.04. The van der Waals surface area contributed by atoms with Crippen LogP contribution in [-0.4, -0.2) is 84.1 Å². The van der Waals surface area contributed by atoms with Crippen LogP contribution in [0.3, 0.4) is 0 Å². The first-order valence-corrected chi connectivity index (χ1v) is 12.4. The number of cyclic esters (lactones) is 2. The molecule has 5 rings (SSSR count). The summed E-state index contributed by atoms with van der Waals surface area (Å²) in [5.41, 5.74) is -1.53. The largest absolute Gasteiger partial charge is 0.462 e. The Morgan fingerprint density at radius 1 is 0.892 bits per heavy atom. The maximum absolute atomic E-state index is 12.8. The summed E-state index contributed by atoms with van der Waals surface area (Å²) in [6.07, 6.45) is 5.13. The van der Waals surface area contributed by atoms with Gasteiger partial charge in [0.15, 0.2) is 0 Å². The molecule has 37 heavy (non-hydrogen) atoms. The van der Waals surface area contributed by atoms with Crippen molar-refractivity contribution < 1.29 is 48.3 Å². The summed E-state index contributed by atoms with van der Waals surface area (Å²) < 4.78 is 29.2. The van der Waals surface area contributed by atoms with Crippen molar-refractivity contribution in [1.82, 2.24) is 0 Å². The lowest BCUT2D eigenvalue weighted by molar-refractivity contribution is -0.238. The van der Waals surface area contributed by atoms with Gasteiger partial charge in [0.2, 0.25) is 0 Å². The molecule has 5 aliphatic rings. The smallest absolute Gasteiger partial charge is 0.331 e. The Morgan fingerprint density at radius 3 is 2.30 bits per heavy atom. The molecule has 10 heteroatoms. The van der Waals surface area contributed by atoms with Crippen LogP contribution in [0.5, 0.6) is 0 Å². The van der Waals surface area contributed by atoms with Crippen LogP contribution < -0.4 is 0 Å². The molecular formula is C27H32O10. The Morgan fingerprint density at radius 2 is 1.59 bits per heavy atom. The fraction of sp³-hybridized carbons (Fsp3) is 0.593. The van der Waals surface area contributed by atoms with E-state index in [0.29, 0.717) is 13.0 Å². The van der Waals surface area contributed by atoms with E-state index in [2.05, 4.69) is 0 Å². The molecular weight excluding hydrogens is 484 g/mol. The zero-order valence-corrected chi connectivity index (χ0v) is 21.0. The number of carbonyl (C=O) groups is 3. The molecule has 2 spiro atoms. The van der Waals surface area contributed by atoms with Crippen molar-refractivity contribution in [1.29, 1.82) is 0 Å². The van der Waals surface area contributed by atoms with Gasteiger partial charge < -0.3 is 33.9 Å². The van der Waals surface area contributed by atoms with Crippen LogP contribution in [-0.2, 0) is 38.1 Å².